The molecule has 0 unspecified atom stereocenters. The molecule has 0 radical (unpaired) electrons. The Morgan fingerprint density at radius 2 is 1.70 bits per heavy atom. The second-order valence-electron chi connectivity index (χ2n) is 6.32. The van der Waals surface area contributed by atoms with Crippen LogP contribution < -0.4 is 15.0 Å². The number of halogens is 2. The predicted octanol–water partition coefficient (Wildman–Crippen LogP) is 4.67. The van der Waals surface area contributed by atoms with Crippen LogP contribution in [-0.4, -0.2) is 17.6 Å². The van der Waals surface area contributed by atoms with Crippen molar-refractivity contribution in [1.82, 2.24) is 5.32 Å². The topological polar surface area (TPSA) is 41.6 Å². The zero-order valence-corrected chi connectivity index (χ0v) is 15.6. The molecule has 0 bridgehead atoms. The summed E-state index contributed by atoms with van der Waals surface area (Å²) in [4.78, 5) is 14.2. The first kappa shape index (κ1) is 19.0. The molecule has 4 nitrogen and oxygen atoms in total. The van der Waals surface area contributed by atoms with Gasteiger partial charge >= 0.3 is 6.61 Å². The third-order valence-corrected chi connectivity index (χ3v) is 4.40. The van der Waals surface area contributed by atoms with Gasteiger partial charge in [0.1, 0.15) is 11.4 Å². The van der Waals surface area contributed by atoms with Crippen LogP contribution in [0, 0.1) is 0 Å². The largest absolute Gasteiger partial charge is 0.435 e. The summed E-state index contributed by atoms with van der Waals surface area (Å²) in [6.45, 7) is 1.32. The molecule has 1 amide bonds. The number of rotatable bonds is 5. The first-order valence-corrected chi connectivity index (χ1v) is 8.78. The van der Waals surface area contributed by atoms with Crippen LogP contribution in [0.1, 0.15) is 30.9 Å². The van der Waals surface area contributed by atoms with E-state index in [9.17, 15) is 13.6 Å². The lowest BCUT2D eigenvalue weighted by atomic mass is 10.0. The molecule has 0 saturated carbocycles. The average molecular weight is 388 g/mol. The van der Waals surface area contributed by atoms with Crippen molar-refractivity contribution in [2.45, 2.75) is 26.4 Å². The normalized spacial score (nSPS) is 15.8. The number of carbonyl (C=O) groups excluding carboxylic acids is 1. The minimum absolute atomic E-state index is 0.0558. The zero-order valence-electron chi connectivity index (χ0n) is 14.8. The summed E-state index contributed by atoms with van der Waals surface area (Å²) in [5, 5.41) is 3.20. The van der Waals surface area contributed by atoms with Gasteiger partial charge in [-0.25, -0.2) is 0 Å². The second kappa shape index (κ2) is 7.84. The van der Waals surface area contributed by atoms with E-state index in [1.807, 2.05) is 24.3 Å². The lowest BCUT2D eigenvalue weighted by Crippen LogP contribution is -2.30. The number of nitrogens with zero attached hydrogens (tertiary/aromatic N) is 1. The van der Waals surface area contributed by atoms with Crippen LogP contribution in [0.4, 0.5) is 14.5 Å². The van der Waals surface area contributed by atoms with Gasteiger partial charge in [-0.1, -0.05) is 38.1 Å². The molecule has 1 N–H and O–H groups in total. The van der Waals surface area contributed by atoms with Crippen LogP contribution >= 0.6 is 12.2 Å². The molecule has 140 valence electrons. The molecule has 3 rings (SSSR count). The fourth-order valence-corrected chi connectivity index (χ4v) is 2.99. The van der Waals surface area contributed by atoms with Crippen molar-refractivity contribution in [2.75, 3.05) is 4.90 Å². The van der Waals surface area contributed by atoms with Gasteiger partial charge in [0.05, 0.1) is 5.69 Å². The van der Waals surface area contributed by atoms with Crippen molar-refractivity contribution in [3.63, 3.8) is 0 Å². The molecule has 1 heterocycles. The molecule has 2 aromatic rings. The Balaban J connectivity index is 1.80. The van der Waals surface area contributed by atoms with Crippen molar-refractivity contribution in [3.8, 4) is 5.75 Å². The van der Waals surface area contributed by atoms with Crippen molar-refractivity contribution >= 4 is 35.0 Å². The van der Waals surface area contributed by atoms with Gasteiger partial charge in [0, 0.05) is 0 Å². The molecule has 1 aliphatic rings. The van der Waals surface area contributed by atoms with Crippen LogP contribution in [0.2, 0.25) is 0 Å². The third kappa shape index (κ3) is 4.31. The molecular weight excluding hydrogens is 370 g/mol. The van der Waals surface area contributed by atoms with Gasteiger partial charge in [0.15, 0.2) is 5.11 Å². The van der Waals surface area contributed by atoms with Crippen LogP contribution in [0.5, 0.6) is 5.75 Å². The Morgan fingerprint density at radius 1 is 1.07 bits per heavy atom. The molecule has 0 aliphatic carbocycles. The van der Waals surface area contributed by atoms with Crippen LogP contribution in [-0.2, 0) is 4.79 Å². The Hall–Kier alpha value is -2.80. The summed E-state index contributed by atoms with van der Waals surface area (Å²) in [5.41, 5.74) is 2.83. The Labute approximate surface area is 161 Å². The maximum absolute atomic E-state index is 12.7. The van der Waals surface area contributed by atoms with E-state index in [1.54, 1.807) is 18.2 Å². The standard InChI is InChI=1S/C20H18F2N2O2S/c1-12(2)14-5-7-15(8-6-14)24-18(25)17(23-20(24)27)11-13-3-9-16(10-4-13)26-19(21)22/h3-12,19H,1-2H3,(H,23,27)/b17-11+. The SMILES string of the molecule is CC(C)c1ccc(N2C(=O)/C(=C\c3ccc(OC(F)F)cc3)NC2=S)cc1. The number of ether oxygens (including phenoxy) is 1. The molecule has 1 saturated heterocycles. The minimum atomic E-state index is -2.87. The molecule has 1 fully saturated rings. The third-order valence-electron chi connectivity index (χ3n) is 4.11. The van der Waals surface area contributed by atoms with Gasteiger partial charge in [-0.2, -0.15) is 8.78 Å². The van der Waals surface area contributed by atoms with Gasteiger partial charge in [0.2, 0.25) is 0 Å². The summed E-state index contributed by atoms with van der Waals surface area (Å²) in [7, 11) is 0. The number of anilines is 1. The monoisotopic (exact) mass is 388 g/mol. The molecule has 1 aliphatic heterocycles. The Morgan fingerprint density at radius 3 is 2.26 bits per heavy atom. The van der Waals surface area contributed by atoms with E-state index < -0.39 is 6.61 Å². The van der Waals surface area contributed by atoms with E-state index in [-0.39, 0.29) is 11.7 Å². The van der Waals surface area contributed by atoms with Crippen LogP contribution in [0.15, 0.2) is 54.2 Å². The summed E-state index contributed by atoms with van der Waals surface area (Å²) < 4.78 is 28.7. The number of hydrogen-bond acceptors (Lipinski definition) is 3. The number of thiocarbonyl (C=S) groups is 1. The van der Waals surface area contributed by atoms with E-state index in [4.69, 9.17) is 12.2 Å². The van der Waals surface area contributed by atoms with Crippen molar-refractivity contribution in [1.29, 1.82) is 0 Å². The highest BCUT2D eigenvalue weighted by atomic mass is 32.1. The summed E-state index contributed by atoms with van der Waals surface area (Å²) in [5.74, 6) is 0.177. The quantitative estimate of drug-likeness (QED) is 0.597. The summed E-state index contributed by atoms with van der Waals surface area (Å²) in [6.07, 6.45) is 1.61. The lowest BCUT2D eigenvalue weighted by molar-refractivity contribution is -0.113. The maximum atomic E-state index is 12.7. The zero-order chi connectivity index (χ0) is 19.6. The number of alkyl halides is 2. The predicted molar refractivity (Wildman–Crippen MR) is 105 cm³/mol. The van der Waals surface area contributed by atoms with Gasteiger partial charge in [-0.05, 0) is 59.6 Å². The number of benzene rings is 2. The van der Waals surface area contributed by atoms with Gasteiger partial charge in [0.25, 0.3) is 5.91 Å². The summed E-state index contributed by atoms with van der Waals surface area (Å²) >= 11 is 5.30. The van der Waals surface area contributed by atoms with Gasteiger partial charge in [-0.3, -0.25) is 9.69 Å². The highest BCUT2D eigenvalue weighted by Crippen LogP contribution is 2.25. The molecule has 0 atom stereocenters. The van der Waals surface area contributed by atoms with E-state index in [0.29, 0.717) is 28.0 Å². The van der Waals surface area contributed by atoms with Gasteiger partial charge in [-0.15, -0.1) is 0 Å². The Kier molecular flexibility index (Phi) is 5.51. The maximum Gasteiger partial charge on any atom is 0.387 e. The number of nitrogens with one attached hydrogen (secondary N) is 1. The number of hydrogen-bond donors (Lipinski definition) is 1. The molecule has 2 aromatic carbocycles. The fraction of sp³-hybridized carbons (Fsp3) is 0.200. The fourth-order valence-electron chi connectivity index (χ4n) is 2.69. The average Bonchev–Trinajstić information content (AvgIpc) is 2.90. The summed E-state index contributed by atoms with van der Waals surface area (Å²) in [6, 6.07) is 13.7. The van der Waals surface area contributed by atoms with E-state index in [1.165, 1.54) is 22.6 Å². The van der Waals surface area contributed by atoms with Crippen molar-refractivity contribution < 1.29 is 18.3 Å². The second-order valence-corrected chi connectivity index (χ2v) is 6.71. The smallest absolute Gasteiger partial charge is 0.387 e. The van der Waals surface area contributed by atoms with E-state index in [2.05, 4.69) is 23.9 Å². The van der Waals surface area contributed by atoms with Crippen molar-refractivity contribution in [2.24, 2.45) is 0 Å². The number of carbonyl (C=O) groups is 1. The highest BCUT2D eigenvalue weighted by molar-refractivity contribution is 7.80. The van der Waals surface area contributed by atoms with E-state index in [0.717, 1.165) is 0 Å². The van der Waals surface area contributed by atoms with Crippen molar-refractivity contribution in [3.05, 3.63) is 65.4 Å². The number of amides is 1. The molecule has 0 spiro atoms. The highest BCUT2D eigenvalue weighted by Gasteiger charge is 2.31. The first-order chi connectivity index (χ1) is 12.8. The van der Waals surface area contributed by atoms with E-state index >= 15 is 0 Å². The van der Waals surface area contributed by atoms with Gasteiger partial charge < -0.3 is 10.1 Å². The van der Waals surface area contributed by atoms with Crippen LogP contribution in [0.25, 0.3) is 6.08 Å². The molecule has 27 heavy (non-hydrogen) atoms. The Bertz CT molecular complexity index is 878. The molecular formula is C20H18F2N2O2S. The minimum Gasteiger partial charge on any atom is -0.435 e. The molecule has 0 aromatic heterocycles. The lowest BCUT2D eigenvalue weighted by Gasteiger charge is -2.15. The molecule has 7 heteroatoms. The van der Waals surface area contributed by atoms with Crippen LogP contribution in [0.3, 0.4) is 0 Å². The first-order valence-electron chi connectivity index (χ1n) is 8.37.